The Morgan fingerprint density at radius 2 is 2.20 bits per heavy atom. The highest BCUT2D eigenvalue weighted by atomic mass is 19.4. The van der Waals surface area contributed by atoms with Gasteiger partial charge in [-0.25, -0.2) is 0 Å². The number of aliphatic hydroxyl groups excluding tert-OH is 1. The third-order valence-corrected chi connectivity index (χ3v) is 1.92. The molecule has 0 radical (unpaired) electrons. The number of rotatable bonds is 4. The number of nitrogens with zero attached hydrogens (tertiary/aromatic N) is 2. The van der Waals surface area contributed by atoms with Gasteiger partial charge in [0.05, 0.1) is 6.20 Å². The monoisotopic (exact) mass is 222 g/mol. The zero-order chi connectivity index (χ0) is 11.5. The molecule has 0 saturated heterocycles. The van der Waals surface area contributed by atoms with Gasteiger partial charge in [-0.1, -0.05) is 6.92 Å². The molecule has 1 rings (SSSR count). The van der Waals surface area contributed by atoms with Gasteiger partial charge in [-0.05, 0) is 17.9 Å². The minimum absolute atomic E-state index is 0.0183. The molecule has 0 saturated carbocycles. The molecule has 0 aromatic carbocycles. The maximum atomic E-state index is 12.0. The minimum atomic E-state index is -4.24. The smallest absolute Gasteiger partial charge is 0.396 e. The van der Waals surface area contributed by atoms with Gasteiger partial charge in [-0.3, -0.25) is 4.68 Å². The van der Waals surface area contributed by atoms with E-state index in [1.807, 2.05) is 6.92 Å². The van der Waals surface area contributed by atoms with Crippen molar-refractivity contribution in [2.75, 3.05) is 6.61 Å². The zero-order valence-electron chi connectivity index (χ0n) is 8.33. The van der Waals surface area contributed by atoms with Crippen LogP contribution in [0.5, 0.6) is 0 Å². The van der Waals surface area contributed by atoms with Crippen LogP contribution in [0, 0.1) is 5.92 Å². The molecule has 0 aliphatic carbocycles. The number of halogens is 3. The molecule has 0 unspecified atom stereocenters. The summed E-state index contributed by atoms with van der Waals surface area (Å²) >= 11 is 0. The predicted octanol–water partition coefficient (Wildman–Crippen LogP) is 1.62. The number of aliphatic hydroxyl groups is 1. The standard InChI is InChI=1S/C9H13F3N2O/c1-7(5-15)2-8-3-13-14(4-8)6-9(10,11)12/h3-4,7,15H,2,5-6H2,1H3/t7-/m0/s1. The van der Waals surface area contributed by atoms with Gasteiger partial charge in [0.25, 0.3) is 0 Å². The predicted molar refractivity (Wildman–Crippen MR) is 48.2 cm³/mol. The molecule has 6 heteroatoms. The van der Waals surface area contributed by atoms with Crippen LogP contribution in [0.3, 0.4) is 0 Å². The summed E-state index contributed by atoms with van der Waals surface area (Å²) in [4.78, 5) is 0. The second kappa shape index (κ2) is 4.65. The Morgan fingerprint density at radius 3 is 2.73 bits per heavy atom. The normalized spacial score (nSPS) is 14.2. The first-order valence-electron chi connectivity index (χ1n) is 4.59. The molecule has 3 nitrogen and oxygen atoms in total. The molecule has 1 aromatic heterocycles. The third kappa shape index (κ3) is 4.33. The number of hydrogen-bond acceptors (Lipinski definition) is 2. The zero-order valence-corrected chi connectivity index (χ0v) is 8.33. The van der Waals surface area contributed by atoms with Crippen LogP contribution >= 0.6 is 0 Å². The Hall–Kier alpha value is -1.04. The Bertz CT molecular complexity index is 309. The van der Waals surface area contributed by atoms with Crippen molar-refractivity contribution in [3.8, 4) is 0 Å². The van der Waals surface area contributed by atoms with E-state index >= 15 is 0 Å². The van der Waals surface area contributed by atoms with Crippen molar-refractivity contribution in [3.05, 3.63) is 18.0 Å². The molecule has 15 heavy (non-hydrogen) atoms. The summed E-state index contributed by atoms with van der Waals surface area (Å²) < 4.78 is 36.8. The van der Waals surface area contributed by atoms with E-state index in [9.17, 15) is 13.2 Å². The lowest BCUT2D eigenvalue weighted by Gasteiger charge is -2.06. The van der Waals surface area contributed by atoms with Crippen LogP contribution in [0.15, 0.2) is 12.4 Å². The maximum absolute atomic E-state index is 12.0. The summed E-state index contributed by atoms with van der Waals surface area (Å²) in [6.07, 6.45) is -0.947. The molecule has 0 fully saturated rings. The fourth-order valence-corrected chi connectivity index (χ4v) is 1.25. The topological polar surface area (TPSA) is 38.1 Å². The number of alkyl halides is 3. The molecule has 0 aliphatic rings. The van der Waals surface area contributed by atoms with Gasteiger partial charge in [-0.2, -0.15) is 18.3 Å². The van der Waals surface area contributed by atoms with Gasteiger partial charge in [0.2, 0.25) is 0 Å². The number of hydrogen-bond donors (Lipinski definition) is 1. The van der Waals surface area contributed by atoms with E-state index in [1.54, 1.807) is 0 Å². The molecule has 1 atom stereocenters. The highest BCUT2D eigenvalue weighted by Crippen LogP contribution is 2.17. The highest BCUT2D eigenvalue weighted by molar-refractivity contribution is 5.04. The Balaban J connectivity index is 2.56. The van der Waals surface area contributed by atoms with Crippen LogP contribution < -0.4 is 0 Å². The first-order valence-corrected chi connectivity index (χ1v) is 4.59. The van der Waals surface area contributed by atoms with Gasteiger partial charge in [-0.15, -0.1) is 0 Å². The van der Waals surface area contributed by atoms with Crippen LogP contribution in [0.2, 0.25) is 0 Å². The van der Waals surface area contributed by atoms with E-state index in [4.69, 9.17) is 5.11 Å². The van der Waals surface area contributed by atoms with Crippen LogP contribution in [-0.2, 0) is 13.0 Å². The van der Waals surface area contributed by atoms with E-state index in [2.05, 4.69) is 5.10 Å². The first-order chi connectivity index (χ1) is 6.90. The van der Waals surface area contributed by atoms with Crippen LogP contribution in [-0.4, -0.2) is 27.7 Å². The van der Waals surface area contributed by atoms with Crippen molar-refractivity contribution >= 4 is 0 Å². The van der Waals surface area contributed by atoms with Gasteiger partial charge < -0.3 is 5.11 Å². The molecule has 1 N–H and O–H groups in total. The maximum Gasteiger partial charge on any atom is 0.408 e. The van der Waals surface area contributed by atoms with Crippen molar-refractivity contribution in [1.29, 1.82) is 0 Å². The molecule has 1 aromatic rings. The van der Waals surface area contributed by atoms with E-state index in [0.717, 1.165) is 4.68 Å². The van der Waals surface area contributed by atoms with E-state index in [-0.39, 0.29) is 12.5 Å². The minimum Gasteiger partial charge on any atom is -0.396 e. The average molecular weight is 222 g/mol. The van der Waals surface area contributed by atoms with Gasteiger partial charge >= 0.3 is 6.18 Å². The van der Waals surface area contributed by atoms with Gasteiger partial charge in [0.1, 0.15) is 6.54 Å². The fraction of sp³-hybridized carbons (Fsp3) is 0.667. The SMILES string of the molecule is C[C@H](CO)Cc1cnn(CC(F)(F)F)c1. The molecular formula is C9H13F3N2O. The molecule has 0 aliphatic heterocycles. The second-order valence-corrected chi connectivity index (χ2v) is 3.65. The van der Waals surface area contributed by atoms with Gasteiger partial charge in [0, 0.05) is 12.8 Å². The lowest BCUT2D eigenvalue weighted by Crippen LogP contribution is -2.17. The third-order valence-electron chi connectivity index (χ3n) is 1.92. The fourth-order valence-electron chi connectivity index (χ4n) is 1.25. The Morgan fingerprint density at radius 1 is 1.53 bits per heavy atom. The Labute approximate surface area is 85.5 Å². The highest BCUT2D eigenvalue weighted by Gasteiger charge is 2.28. The van der Waals surface area contributed by atoms with Gasteiger partial charge in [0.15, 0.2) is 0 Å². The van der Waals surface area contributed by atoms with Crippen LogP contribution in [0.1, 0.15) is 12.5 Å². The first kappa shape index (κ1) is 12.0. The lowest BCUT2D eigenvalue weighted by atomic mass is 10.1. The van der Waals surface area contributed by atoms with Crippen LogP contribution in [0.4, 0.5) is 13.2 Å². The summed E-state index contributed by atoms with van der Waals surface area (Å²) in [7, 11) is 0. The Kier molecular flexibility index (Phi) is 3.73. The molecular weight excluding hydrogens is 209 g/mol. The van der Waals surface area contributed by atoms with Crippen molar-refractivity contribution < 1.29 is 18.3 Å². The molecule has 1 heterocycles. The number of aromatic nitrogens is 2. The van der Waals surface area contributed by atoms with Crippen molar-refractivity contribution in [1.82, 2.24) is 9.78 Å². The van der Waals surface area contributed by atoms with Crippen molar-refractivity contribution in [3.63, 3.8) is 0 Å². The molecule has 86 valence electrons. The largest absolute Gasteiger partial charge is 0.408 e. The summed E-state index contributed by atoms with van der Waals surface area (Å²) in [6, 6.07) is 0. The lowest BCUT2D eigenvalue weighted by molar-refractivity contribution is -0.142. The quantitative estimate of drug-likeness (QED) is 0.840. The van der Waals surface area contributed by atoms with E-state index < -0.39 is 12.7 Å². The van der Waals surface area contributed by atoms with E-state index in [1.165, 1.54) is 12.4 Å². The molecule has 0 spiro atoms. The second-order valence-electron chi connectivity index (χ2n) is 3.65. The summed E-state index contributed by atoms with van der Waals surface area (Å²) in [5, 5.41) is 12.4. The summed E-state index contributed by atoms with van der Waals surface area (Å²) in [5.74, 6) is 0.0357. The molecule has 0 amide bonds. The van der Waals surface area contributed by atoms with Crippen LogP contribution in [0.25, 0.3) is 0 Å². The summed E-state index contributed by atoms with van der Waals surface area (Å²) in [5.41, 5.74) is 0.709. The van der Waals surface area contributed by atoms with Crippen molar-refractivity contribution in [2.24, 2.45) is 5.92 Å². The summed E-state index contributed by atoms with van der Waals surface area (Å²) in [6.45, 7) is 0.770. The van der Waals surface area contributed by atoms with Crippen molar-refractivity contribution in [2.45, 2.75) is 26.1 Å². The van der Waals surface area contributed by atoms with E-state index in [0.29, 0.717) is 12.0 Å². The molecule has 0 bridgehead atoms. The average Bonchev–Trinajstić information content (AvgIpc) is 2.49.